The van der Waals surface area contributed by atoms with E-state index in [-0.39, 0.29) is 18.5 Å². The molecule has 2 atom stereocenters. The topological polar surface area (TPSA) is 180 Å². The molecule has 2 amide bonds. The molecule has 1 aromatic heterocycles. The molecule has 1 aliphatic heterocycles. The number of carboxylic acids is 2. The number of aryl methyl sites for hydroxylation is 1. The van der Waals surface area contributed by atoms with Crippen molar-refractivity contribution in [1.82, 2.24) is 25.1 Å². The zero-order valence-corrected chi connectivity index (χ0v) is 24.9. The Morgan fingerprint density at radius 1 is 1.27 bits per heavy atom. The number of carbonyl (C=O) groups is 4. The summed E-state index contributed by atoms with van der Waals surface area (Å²) < 4.78 is 31.7. The van der Waals surface area contributed by atoms with Crippen LogP contribution < -0.4 is 5.32 Å². The van der Waals surface area contributed by atoms with E-state index in [0.717, 1.165) is 24.1 Å². The van der Waals surface area contributed by atoms with Crippen LogP contribution in [0.1, 0.15) is 42.5 Å². The third-order valence-corrected chi connectivity index (χ3v) is 7.36. The molecule has 0 aliphatic carbocycles. The van der Waals surface area contributed by atoms with Gasteiger partial charge >= 0.3 is 18.1 Å². The number of nitriles is 1. The summed E-state index contributed by atoms with van der Waals surface area (Å²) >= 11 is 1.52. The van der Waals surface area contributed by atoms with Crippen LogP contribution in [0.4, 0.5) is 13.2 Å². The molecule has 240 valence electrons. The first-order valence-electron chi connectivity index (χ1n) is 13.6. The lowest BCUT2D eigenvalue weighted by Crippen LogP contribution is -2.49. The van der Waals surface area contributed by atoms with Gasteiger partial charge in [-0.25, -0.2) is 14.6 Å². The van der Waals surface area contributed by atoms with Crippen LogP contribution in [-0.2, 0) is 32.1 Å². The maximum Gasteiger partial charge on any atom is 0.490 e. The van der Waals surface area contributed by atoms with E-state index in [2.05, 4.69) is 21.4 Å². The van der Waals surface area contributed by atoms with Gasteiger partial charge in [-0.2, -0.15) is 30.2 Å². The van der Waals surface area contributed by atoms with Crippen molar-refractivity contribution < 1.29 is 42.6 Å². The van der Waals surface area contributed by atoms with Crippen molar-refractivity contribution in [2.75, 3.05) is 31.6 Å². The van der Waals surface area contributed by atoms with Crippen molar-refractivity contribution in [3.05, 3.63) is 53.6 Å². The van der Waals surface area contributed by atoms with Crippen LogP contribution >= 0.6 is 11.8 Å². The fourth-order valence-corrected chi connectivity index (χ4v) is 5.06. The number of hydrogen-bond donors (Lipinski definition) is 4. The van der Waals surface area contributed by atoms with Gasteiger partial charge in [-0.05, 0) is 49.3 Å². The van der Waals surface area contributed by atoms with Crippen LogP contribution in [0.2, 0.25) is 0 Å². The molecule has 4 N–H and O–H groups in total. The predicted octanol–water partition coefficient (Wildman–Crippen LogP) is 2.66. The second-order valence-corrected chi connectivity index (χ2v) is 10.9. The van der Waals surface area contributed by atoms with Crippen molar-refractivity contribution >= 4 is 35.5 Å². The van der Waals surface area contributed by atoms with Gasteiger partial charge in [-0.1, -0.05) is 18.2 Å². The monoisotopic (exact) mass is 640 g/mol. The first-order valence-corrected chi connectivity index (χ1v) is 15.0. The summed E-state index contributed by atoms with van der Waals surface area (Å²) in [5, 5.41) is 28.8. The number of carbonyl (C=O) groups excluding carboxylic acids is 2. The molecule has 1 saturated heterocycles. The lowest BCUT2D eigenvalue weighted by atomic mass is 10.1. The molecule has 0 radical (unpaired) electrons. The molecular weight excluding hydrogens is 605 g/mol. The number of nitrogens with one attached hydrogen (secondary N) is 2. The van der Waals surface area contributed by atoms with Gasteiger partial charge in [-0.3, -0.25) is 14.5 Å². The summed E-state index contributed by atoms with van der Waals surface area (Å²) in [4.78, 5) is 57.3. The molecule has 16 heteroatoms. The number of aromatic amines is 1. The second-order valence-electron chi connectivity index (χ2n) is 9.94. The van der Waals surface area contributed by atoms with Gasteiger partial charge in [0.15, 0.2) is 0 Å². The summed E-state index contributed by atoms with van der Waals surface area (Å²) in [7, 11) is 0. The Morgan fingerprint density at radius 3 is 2.57 bits per heavy atom. The molecule has 44 heavy (non-hydrogen) atoms. The SMILES string of the molecule is CSCC[C@H](NC(=O)CN(Cc1ccccc1C#N)C[C@@H]1CCCN1C(=O)CCc1cnc[nH]1)C(=O)O.O=C(O)C(F)(F)F. The normalized spacial score (nSPS) is 15.2. The molecule has 0 bridgehead atoms. The van der Waals surface area contributed by atoms with E-state index in [1.165, 1.54) is 11.8 Å². The highest BCUT2D eigenvalue weighted by Gasteiger charge is 2.38. The third-order valence-electron chi connectivity index (χ3n) is 6.71. The third kappa shape index (κ3) is 12.3. The van der Waals surface area contributed by atoms with Gasteiger partial charge in [-0.15, -0.1) is 0 Å². The van der Waals surface area contributed by atoms with Crippen molar-refractivity contribution in [3.8, 4) is 6.07 Å². The number of hydrogen-bond acceptors (Lipinski definition) is 8. The van der Waals surface area contributed by atoms with Crippen molar-refractivity contribution in [3.63, 3.8) is 0 Å². The van der Waals surface area contributed by atoms with E-state index >= 15 is 0 Å². The number of halogens is 3. The van der Waals surface area contributed by atoms with Crippen molar-refractivity contribution in [2.24, 2.45) is 0 Å². The largest absolute Gasteiger partial charge is 0.490 e. The summed E-state index contributed by atoms with van der Waals surface area (Å²) in [6.07, 6.45) is 3.09. The van der Waals surface area contributed by atoms with E-state index in [0.29, 0.717) is 50.2 Å². The number of rotatable bonds is 14. The highest BCUT2D eigenvalue weighted by Crippen LogP contribution is 2.21. The summed E-state index contributed by atoms with van der Waals surface area (Å²) in [5.41, 5.74) is 2.21. The molecule has 0 saturated carbocycles. The molecule has 2 aromatic rings. The quantitative estimate of drug-likeness (QED) is 0.240. The number of amides is 2. The highest BCUT2D eigenvalue weighted by atomic mass is 32.2. The van der Waals surface area contributed by atoms with Crippen LogP contribution in [0, 0.1) is 11.3 Å². The standard InChI is InChI=1S/C26H34N6O4S.C2HF3O2/c1-37-12-10-23(26(35)36)30-24(33)17-31(15-20-6-3-2-5-19(20)13-27)16-22-7-4-11-32(22)25(34)9-8-21-14-28-18-29-21;3-2(4,5)1(6)7/h2-3,5-6,14,18,22-23H,4,7-12,15-17H2,1H3,(H,28,29)(H,30,33)(H,35,36);(H,6,7)/t22-,23-;/m0./s1. The average molecular weight is 641 g/mol. The number of thioether (sulfide) groups is 1. The first kappa shape index (κ1) is 36.1. The Kier molecular flexibility index (Phi) is 14.7. The van der Waals surface area contributed by atoms with Crippen LogP contribution in [0.5, 0.6) is 0 Å². The molecular formula is C28H35F3N6O6S. The zero-order chi connectivity index (χ0) is 32.7. The Balaban J connectivity index is 0.000000860. The number of aromatic nitrogens is 2. The van der Waals surface area contributed by atoms with Crippen LogP contribution in [0.3, 0.4) is 0 Å². The number of aliphatic carboxylic acids is 2. The van der Waals surface area contributed by atoms with Crippen LogP contribution in [0.15, 0.2) is 36.8 Å². The Hall–Kier alpha value is -4.10. The minimum absolute atomic E-state index is 0.0323. The summed E-state index contributed by atoms with van der Waals surface area (Å²) in [6.45, 7) is 1.42. The lowest BCUT2D eigenvalue weighted by Gasteiger charge is -2.31. The average Bonchev–Trinajstić information content (AvgIpc) is 3.66. The number of nitrogens with zero attached hydrogens (tertiary/aromatic N) is 4. The predicted molar refractivity (Wildman–Crippen MR) is 154 cm³/mol. The molecule has 12 nitrogen and oxygen atoms in total. The fraction of sp³-hybridized carbons (Fsp3) is 0.500. The van der Waals surface area contributed by atoms with Crippen LogP contribution in [-0.4, -0.2) is 104 Å². The molecule has 1 aliphatic rings. The molecule has 0 unspecified atom stereocenters. The number of benzene rings is 1. The van der Waals surface area contributed by atoms with Gasteiger partial charge in [0, 0.05) is 44.0 Å². The van der Waals surface area contributed by atoms with Crippen molar-refractivity contribution in [1.29, 1.82) is 5.26 Å². The van der Waals surface area contributed by atoms with Gasteiger partial charge in [0.25, 0.3) is 0 Å². The van der Waals surface area contributed by atoms with E-state index in [1.807, 2.05) is 28.2 Å². The molecule has 1 fully saturated rings. The zero-order valence-electron chi connectivity index (χ0n) is 24.0. The van der Waals surface area contributed by atoms with E-state index < -0.39 is 30.1 Å². The number of alkyl halides is 3. The number of H-pyrrole nitrogens is 1. The Labute approximate surface area is 256 Å². The highest BCUT2D eigenvalue weighted by molar-refractivity contribution is 7.98. The maximum absolute atomic E-state index is 13.0. The van der Waals surface area contributed by atoms with Gasteiger partial charge < -0.3 is 25.4 Å². The molecule has 0 spiro atoms. The van der Waals surface area contributed by atoms with E-state index in [4.69, 9.17) is 9.90 Å². The summed E-state index contributed by atoms with van der Waals surface area (Å²) in [6, 6.07) is 8.39. The molecule has 2 heterocycles. The minimum Gasteiger partial charge on any atom is -0.480 e. The number of likely N-dealkylation sites (tertiary alicyclic amines) is 1. The smallest absolute Gasteiger partial charge is 0.480 e. The molecule has 3 rings (SSSR count). The second kappa shape index (κ2) is 17.9. The Morgan fingerprint density at radius 2 is 1.98 bits per heavy atom. The van der Waals surface area contributed by atoms with E-state index in [9.17, 15) is 37.9 Å². The molecule has 1 aromatic carbocycles. The minimum atomic E-state index is -5.08. The number of carboxylic acid groups (broad SMARTS) is 2. The lowest BCUT2D eigenvalue weighted by molar-refractivity contribution is -0.192. The van der Waals surface area contributed by atoms with Gasteiger partial charge in [0.05, 0.1) is 24.5 Å². The fourth-order valence-electron chi connectivity index (χ4n) is 4.59. The number of imidazole rings is 1. The van der Waals surface area contributed by atoms with Crippen LogP contribution in [0.25, 0.3) is 0 Å². The summed E-state index contributed by atoms with van der Waals surface area (Å²) in [5.74, 6) is -3.53. The maximum atomic E-state index is 13.0. The Bertz CT molecular complexity index is 1290. The van der Waals surface area contributed by atoms with Gasteiger partial charge in [0.2, 0.25) is 11.8 Å². The van der Waals surface area contributed by atoms with Crippen molar-refractivity contribution in [2.45, 2.75) is 56.9 Å². The first-order chi connectivity index (χ1) is 20.8. The van der Waals surface area contributed by atoms with E-state index in [1.54, 1.807) is 24.7 Å². The van der Waals surface area contributed by atoms with Gasteiger partial charge in [0.1, 0.15) is 6.04 Å².